The van der Waals surface area contributed by atoms with Crippen LogP contribution >= 0.6 is 0 Å². The van der Waals surface area contributed by atoms with Gasteiger partial charge in [0.05, 0.1) is 4.92 Å². The van der Waals surface area contributed by atoms with E-state index in [0.29, 0.717) is 12.5 Å². The average Bonchev–Trinajstić information content (AvgIpc) is 2.59. The molecule has 2 aromatic rings. The molecule has 0 bridgehead atoms. The van der Waals surface area contributed by atoms with Gasteiger partial charge in [0.15, 0.2) is 0 Å². The number of hydrogen-bond acceptors (Lipinski definition) is 2. The lowest BCUT2D eigenvalue weighted by Gasteiger charge is -2.33. The third kappa shape index (κ3) is 4.06. The monoisotopic (exact) mass is 422 g/mol. The van der Waals surface area contributed by atoms with Gasteiger partial charge in [-0.25, -0.2) is 4.39 Å². The van der Waals surface area contributed by atoms with Crippen molar-refractivity contribution in [1.29, 1.82) is 0 Å². The van der Waals surface area contributed by atoms with Gasteiger partial charge in [0.2, 0.25) is 0 Å². The molecule has 29 heavy (non-hydrogen) atoms. The van der Waals surface area contributed by atoms with Crippen molar-refractivity contribution >= 4 is 5.69 Å². The van der Waals surface area contributed by atoms with Gasteiger partial charge in [-0.1, -0.05) is 19.4 Å². The summed E-state index contributed by atoms with van der Waals surface area (Å²) in [5.74, 6) is 0. The molecule has 0 saturated carbocycles. The van der Waals surface area contributed by atoms with Gasteiger partial charge >= 0.3 is 18.0 Å². The molecule has 2 rings (SSSR count). The van der Waals surface area contributed by atoms with E-state index in [9.17, 15) is 40.8 Å². The second-order valence-corrected chi connectivity index (χ2v) is 6.42. The molecule has 0 aromatic heterocycles. The first kappa shape index (κ1) is 22.6. The van der Waals surface area contributed by atoms with Crippen LogP contribution in [0.2, 0.25) is 0 Å². The number of non-ortho nitro benzene ring substituents is 1. The molecule has 0 amide bonds. The Morgan fingerprint density at radius 3 is 1.93 bits per heavy atom. The largest absolute Gasteiger partial charge is 0.435 e. The Bertz CT molecular complexity index is 888. The topological polar surface area (TPSA) is 43.1 Å². The van der Waals surface area contributed by atoms with Crippen molar-refractivity contribution in [3.05, 3.63) is 63.2 Å². The van der Waals surface area contributed by atoms with Crippen molar-refractivity contribution in [3.8, 4) is 11.1 Å². The van der Waals surface area contributed by atoms with E-state index in [1.807, 2.05) is 0 Å². The van der Waals surface area contributed by atoms with Crippen molar-refractivity contribution in [2.24, 2.45) is 0 Å². The SMILES string of the molecule is CCCc1[c]c(C)c(-c2ccc([N+](=O)[O-])cc2)c(C(F)(C(F)(F)F)C(F)(F)F)c1. The first-order valence-corrected chi connectivity index (χ1v) is 8.37. The molecule has 0 unspecified atom stereocenters. The third-order valence-corrected chi connectivity index (χ3v) is 4.35. The summed E-state index contributed by atoms with van der Waals surface area (Å²) in [4.78, 5) is 9.98. The molecule has 0 aliphatic rings. The quantitative estimate of drug-likeness (QED) is 0.309. The first-order valence-electron chi connectivity index (χ1n) is 8.37. The summed E-state index contributed by atoms with van der Waals surface area (Å²) in [6, 6.07) is 7.00. The number of nitro benzene ring substituents is 1. The van der Waals surface area contributed by atoms with Crippen LogP contribution in [-0.2, 0) is 12.1 Å². The molecule has 0 heterocycles. The molecular formula is C19H15F7NO2. The van der Waals surface area contributed by atoms with Crippen LogP contribution < -0.4 is 0 Å². The van der Waals surface area contributed by atoms with Crippen LogP contribution in [0, 0.1) is 23.1 Å². The molecule has 0 spiro atoms. The van der Waals surface area contributed by atoms with Gasteiger partial charge in [-0.05, 0) is 53.8 Å². The minimum Gasteiger partial charge on any atom is -0.258 e. The standard InChI is InChI=1S/C19H15F7NO2/c1-3-4-12-9-11(2)16(13-5-7-14(8-6-13)27(28)29)15(10-12)17(20,18(21,22)23)19(24,25)26/h5-8,10H,3-4H2,1-2H3. The summed E-state index contributed by atoms with van der Waals surface area (Å²) in [5.41, 5.74) is -8.66. The normalized spacial score (nSPS) is 12.9. The number of hydrogen-bond donors (Lipinski definition) is 0. The lowest BCUT2D eigenvalue weighted by atomic mass is 9.83. The predicted octanol–water partition coefficient (Wildman–Crippen LogP) is 6.61. The fourth-order valence-electron chi connectivity index (χ4n) is 3.05. The predicted molar refractivity (Wildman–Crippen MR) is 91.0 cm³/mol. The summed E-state index contributed by atoms with van der Waals surface area (Å²) >= 11 is 0. The maximum Gasteiger partial charge on any atom is 0.435 e. The Morgan fingerprint density at radius 1 is 1.00 bits per heavy atom. The summed E-state index contributed by atoms with van der Waals surface area (Å²) in [5, 5.41) is 10.8. The lowest BCUT2D eigenvalue weighted by Crippen LogP contribution is -2.50. The van der Waals surface area contributed by atoms with Gasteiger partial charge < -0.3 is 0 Å². The molecular weight excluding hydrogens is 407 g/mol. The summed E-state index contributed by atoms with van der Waals surface area (Å²) in [6.45, 7) is 2.87. The van der Waals surface area contributed by atoms with Crippen LogP contribution in [0.25, 0.3) is 11.1 Å². The smallest absolute Gasteiger partial charge is 0.258 e. The fourth-order valence-corrected chi connectivity index (χ4v) is 3.05. The van der Waals surface area contributed by atoms with Crippen LogP contribution in [0.4, 0.5) is 36.4 Å². The Balaban J connectivity index is 2.89. The van der Waals surface area contributed by atoms with Gasteiger partial charge in [-0.2, -0.15) is 26.3 Å². The van der Waals surface area contributed by atoms with Gasteiger partial charge in [-0.3, -0.25) is 10.1 Å². The van der Waals surface area contributed by atoms with Gasteiger partial charge in [-0.15, -0.1) is 0 Å². The molecule has 0 N–H and O–H groups in total. The fraction of sp³-hybridized carbons (Fsp3) is 0.368. The zero-order valence-corrected chi connectivity index (χ0v) is 15.2. The highest BCUT2D eigenvalue weighted by Gasteiger charge is 2.74. The molecule has 2 aromatic carbocycles. The Kier molecular flexibility index (Phi) is 5.97. The highest BCUT2D eigenvalue weighted by Crippen LogP contribution is 2.56. The van der Waals surface area contributed by atoms with E-state index in [1.54, 1.807) is 6.92 Å². The third-order valence-electron chi connectivity index (χ3n) is 4.35. The van der Waals surface area contributed by atoms with E-state index in [2.05, 4.69) is 6.07 Å². The Hall–Kier alpha value is -2.65. The number of rotatable bonds is 5. The van der Waals surface area contributed by atoms with Crippen LogP contribution in [0.3, 0.4) is 0 Å². The molecule has 1 radical (unpaired) electrons. The molecule has 3 nitrogen and oxygen atoms in total. The minimum atomic E-state index is -6.28. The number of alkyl halides is 7. The number of nitrogens with zero attached hydrogens (tertiary/aromatic N) is 1. The van der Waals surface area contributed by atoms with Crippen molar-refractivity contribution in [3.63, 3.8) is 0 Å². The Labute approximate surface area is 161 Å². The molecule has 0 atom stereocenters. The molecule has 0 saturated heterocycles. The molecule has 0 fully saturated rings. The van der Waals surface area contributed by atoms with Crippen molar-refractivity contribution in [1.82, 2.24) is 0 Å². The van der Waals surface area contributed by atoms with Gasteiger partial charge in [0, 0.05) is 17.7 Å². The molecule has 10 heteroatoms. The van der Waals surface area contributed by atoms with Crippen LogP contribution in [0.1, 0.15) is 30.0 Å². The number of benzene rings is 2. The summed E-state index contributed by atoms with van der Waals surface area (Å²) in [6.07, 6.45) is -12.1. The lowest BCUT2D eigenvalue weighted by molar-refractivity contribution is -0.384. The number of nitro groups is 1. The van der Waals surface area contributed by atoms with Crippen LogP contribution in [0.5, 0.6) is 0 Å². The Morgan fingerprint density at radius 2 is 1.52 bits per heavy atom. The zero-order chi connectivity index (χ0) is 22.2. The van der Waals surface area contributed by atoms with E-state index in [-0.39, 0.29) is 23.1 Å². The summed E-state index contributed by atoms with van der Waals surface area (Å²) < 4.78 is 95.4. The average molecular weight is 422 g/mol. The first-order chi connectivity index (χ1) is 13.2. The van der Waals surface area contributed by atoms with E-state index in [1.165, 1.54) is 6.92 Å². The van der Waals surface area contributed by atoms with Gasteiger partial charge in [0.25, 0.3) is 5.69 Å². The highest BCUT2D eigenvalue weighted by atomic mass is 19.4. The zero-order valence-electron chi connectivity index (χ0n) is 15.2. The van der Waals surface area contributed by atoms with E-state index < -0.39 is 39.8 Å². The highest BCUT2D eigenvalue weighted by molar-refractivity contribution is 5.73. The molecule has 0 aliphatic heterocycles. The second kappa shape index (κ2) is 7.64. The van der Waals surface area contributed by atoms with Crippen LogP contribution in [-0.4, -0.2) is 17.3 Å². The maximum atomic E-state index is 14.9. The minimum absolute atomic E-state index is 0.00110. The van der Waals surface area contributed by atoms with Crippen molar-refractivity contribution in [2.45, 2.75) is 44.7 Å². The van der Waals surface area contributed by atoms with Gasteiger partial charge in [0.1, 0.15) is 0 Å². The van der Waals surface area contributed by atoms with E-state index in [0.717, 1.165) is 24.3 Å². The molecule has 0 aliphatic carbocycles. The maximum absolute atomic E-state index is 14.9. The van der Waals surface area contributed by atoms with E-state index in [4.69, 9.17) is 0 Å². The summed E-state index contributed by atoms with van der Waals surface area (Å²) in [7, 11) is 0. The second-order valence-electron chi connectivity index (χ2n) is 6.42. The van der Waals surface area contributed by atoms with Crippen molar-refractivity contribution < 1.29 is 35.7 Å². The van der Waals surface area contributed by atoms with Crippen LogP contribution in [0.15, 0.2) is 30.3 Å². The number of halogens is 7. The molecule has 157 valence electrons. The number of aryl methyl sites for hydroxylation is 2. The van der Waals surface area contributed by atoms with E-state index >= 15 is 0 Å². The van der Waals surface area contributed by atoms with Crippen molar-refractivity contribution in [2.75, 3.05) is 0 Å².